The fourth-order valence-corrected chi connectivity index (χ4v) is 13.2. The summed E-state index contributed by atoms with van der Waals surface area (Å²) in [4.78, 5) is 177. The standard InChI is InChI=1S/C76H120N8O22S2/c1-13-50(4)56(45-65(89)76(7,8)82(9)10)73(97)83(11)60(49(2)3)46-63(106-52(6)85)72-81-59(48-108-72)71(96)78-54(42-51(5)75(99)100)43-53-25-26-62(88)58(44-53)80-67(91)23-15-14-22-61(87)57(79-68(92)24-18-31-84-69(93)47-64(107-12)74(84)98)21-16-17-30-77-66(90)28-34-103-37-36-101-32-19-20-55(86)27-33-102-38-40-105-41-39-104-35-29-70(94)95/h25-26,44,48-51,54,56-57,60,63-64,88H,13-24,27-43,45-47H2,1-12H3,(H,77,90)(H,78,96)(H,79,92)(H,80,91)(H,94,95)(H,99,100)/t50-,51?,54+,56-,57-,60+,63+,64?/m0/s1. The van der Waals surface area contributed by atoms with E-state index in [4.69, 9.17) is 33.5 Å². The van der Waals surface area contributed by atoms with E-state index in [1.54, 1.807) is 24.3 Å². The third-order valence-electron chi connectivity index (χ3n) is 19.1. The van der Waals surface area contributed by atoms with Crippen molar-refractivity contribution in [2.75, 3.05) is 112 Å². The van der Waals surface area contributed by atoms with Crippen LogP contribution in [0.25, 0.3) is 0 Å². The van der Waals surface area contributed by atoms with Gasteiger partial charge in [-0.3, -0.25) is 72.1 Å². The Hall–Kier alpha value is -7.33. The maximum Gasteiger partial charge on any atom is 0.306 e. The second-order valence-corrected chi connectivity index (χ2v) is 30.3. The number of unbranched alkanes of at least 4 members (excludes halogenated alkanes) is 2. The number of hydrogen-bond acceptors (Lipinski definition) is 24. The third kappa shape index (κ3) is 36.0. The highest BCUT2D eigenvalue weighted by Crippen LogP contribution is 2.34. The maximum atomic E-state index is 14.5. The molecule has 1 aliphatic heterocycles. The van der Waals surface area contributed by atoms with Crippen molar-refractivity contribution < 1.29 is 106 Å². The average Bonchev–Trinajstić information content (AvgIpc) is 1.45. The molecule has 1 saturated heterocycles. The molecule has 0 aliphatic carbocycles. The third-order valence-corrected chi connectivity index (χ3v) is 21.0. The smallest absolute Gasteiger partial charge is 0.306 e. The van der Waals surface area contributed by atoms with Gasteiger partial charge in [-0.1, -0.05) is 47.1 Å². The Bertz CT molecular complexity index is 3220. The summed E-state index contributed by atoms with van der Waals surface area (Å²) in [5.74, 6) is -7.68. The van der Waals surface area contributed by atoms with E-state index in [1.165, 1.54) is 43.1 Å². The van der Waals surface area contributed by atoms with Gasteiger partial charge >= 0.3 is 17.9 Å². The molecule has 0 saturated carbocycles. The number of benzene rings is 1. The molecule has 7 amide bonds. The van der Waals surface area contributed by atoms with Crippen LogP contribution >= 0.6 is 23.1 Å². The van der Waals surface area contributed by atoms with Gasteiger partial charge in [0.2, 0.25) is 35.4 Å². The minimum atomic E-state index is -1.11. The Morgan fingerprint density at radius 2 is 1.35 bits per heavy atom. The van der Waals surface area contributed by atoms with Crippen molar-refractivity contribution in [3.05, 3.63) is 39.8 Å². The van der Waals surface area contributed by atoms with E-state index in [0.717, 1.165) is 16.2 Å². The fourth-order valence-electron chi connectivity index (χ4n) is 11.7. The molecule has 7 N–H and O–H groups in total. The number of amides is 7. The average molecular weight is 1560 g/mol. The number of anilines is 1. The van der Waals surface area contributed by atoms with Crippen molar-refractivity contribution in [2.45, 2.75) is 219 Å². The van der Waals surface area contributed by atoms with Crippen molar-refractivity contribution in [3.63, 3.8) is 0 Å². The van der Waals surface area contributed by atoms with Gasteiger partial charge in [0.15, 0.2) is 17.7 Å². The van der Waals surface area contributed by atoms with Gasteiger partial charge in [-0.2, -0.15) is 11.8 Å². The molecule has 2 aromatic rings. The fraction of sp³-hybridized carbons (Fsp3) is 0.711. The number of aliphatic carboxylic acids is 2. The van der Waals surface area contributed by atoms with E-state index < -0.39 is 82.5 Å². The first-order valence-electron chi connectivity index (χ1n) is 37.5. The van der Waals surface area contributed by atoms with Gasteiger partial charge in [0, 0.05) is 115 Å². The van der Waals surface area contributed by atoms with Gasteiger partial charge in [0.05, 0.1) is 94.3 Å². The van der Waals surface area contributed by atoms with Crippen molar-refractivity contribution in [1.82, 2.24) is 35.6 Å². The number of carbonyl (C=O) groups is 13. The molecule has 8 atom stereocenters. The van der Waals surface area contributed by atoms with E-state index in [1.807, 2.05) is 60.5 Å². The maximum absolute atomic E-state index is 14.5. The van der Waals surface area contributed by atoms with Crippen LogP contribution in [0.3, 0.4) is 0 Å². The number of nitrogens with one attached hydrogen (secondary N) is 4. The lowest BCUT2D eigenvalue weighted by Crippen LogP contribution is -2.50. The molecule has 2 heterocycles. The number of nitrogens with zero attached hydrogens (tertiary/aromatic N) is 4. The lowest BCUT2D eigenvalue weighted by atomic mass is 9.81. The SMILES string of the molecule is CC[C@H](C)[C@H](CC(=O)C(C)(C)N(C)C)C(=O)N(C)[C@H](C[C@@H](OC(C)=O)c1nc(C(=O)N[C@@H](Cc2ccc(O)c(NC(=O)CCCCC(=O)[C@H](CCCCNC(=O)CCOCCOCCCC(=O)CCOCCOCCOCCC(=O)O)NC(=O)CCCN3C(=O)CC(SC)C3=O)c2)CC(C)C(=O)O)cs1)C(C)C. The van der Waals surface area contributed by atoms with Gasteiger partial charge in [0.25, 0.3) is 5.91 Å². The summed E-state index contributed by atoms with van der Waals surface area (Å²) in [7, 11) is 5.32. The van der Waals surface area contributed by atoms with Crippen molar-refractivity contribution in [1.29, 1.82) is 0 Å². The zero-order valence-corrected chi connectivity index (χ0v) is 67.0. The quantitative estimate of drug-likeness (QED) is 0.0145. The molecule has 0 spiro atoms. The molecule has 608 valence electrons. The summed E-state index contributed by atoms with van der Waals surface area (Å²) < 4.78 is 32.8. The highest BCUT2D eigenvalue weighted by molar-refractivity contribution is 8.00. The minimum absolute atomic E-state index is 0.00286. The topological polar surface area (TPSA) is 409 Å². The number of rotatable bonds is 60. The van der Waals surface area contributed by atoms with Crippen molar-refractivity contribution >= 4 is 105 Å². The van der Waals surface area contributed by atoms with Crippen LogP contribution in [0.4, 0.5) is 5.69 Å². The number of imide groups is 1. The number of Topliss-reactive ketones (excluding diaryl/α,β-unsaturated/α-hetero) is 3. The highest BCUT2D eigenvalue weighted by Gasteiger charge is 2.40. The first kappa shape index (κ1) is 94.9. The monoisotopic (exact) mass is 1560 g/mol. The molecule has 1 aliphatic rings. The molecular weight excluding hydrogens is 1440 g/mol. The Labute approximate surface area is 644 Å². The number of esters is 1. The van der Waals surface area contributed by atoms with Crippen LogP contribution in [0.15, 0.2) is 23.6 Å². The number of thiazole rings is 1. The number of carboxylic acids is 2. The number of hydrogen-bond donors (Lipinski definition) is 7. The number of ketones is 3. The number of aromatic hydroxyl groups is 1. The van der Waals surface area contributed by atoms with Crippen molar-refractivity contribution in [3.8, 4) is 5.75 Å². The second kappa shape index (κ2) is 51.2. The molecule has 1 aromatic carbocycles. The number of thioether (sulfide) groups is 1. The molecule has 1 aromatic heterocycles. The number of carbonyl (C=O) groups excluding carboxylic acids is 11. The van der Waals surface area contributed by atoms with Crippen LogP contribution < -0.4 is 21.3 Å². The number of likely N-dealkylation sites (N-methyl/N-ethyl adjacent to an activating group) is 1. The predicted molar refractivity (Wildman–Crippen MR) is 406 cm³/mol. The summed E-state index contributed by atoms with van der Waals surface area (Å²) in [6, 6.07) is 2.22. The first-order valence-corrected chi connectivity index (χ1v) is 39.7. The Kier molecular flexibility index (Phi) is 45.0. The molecule has 1 fully saturated rings. The van der Waals surface area contributed by atoms with Gasteiger partial charge in [-0.25, -0.2) is 4.98 Å². The van der Waals surface area contributed by atoms with E-state index >= 15 is 0 Å². The first-order chi connectivity index (χ1) is 51.2. The molecule has 30 nitrogen and oxygen atoms in total. The van der Waals surface area contributed by atoms with Gasteiger partial charge < -0.3 is 69.9 Å². The highest BCUT2D eigenvalue weighted by atomic mass is 32.2. The molecule has 108 heavy (non-hydrogen) atoms. The molecular formula is C76H120N8O22S2. The second-order valence-electron chi connectivity index (χ2n) is 28.4. The van der Waals surface area contributed by atoms with E-state index in [0.29, 0.717) is 70.6 Å². The number of likely N-dealkylation sites (tertiary alicyclic amines) is 1. The normalized spacial score (nSPS) is 15.1. The number of carboxylic acid groups (broad SMARTS) is 2. The van der Waals surface area contributed by atoms with Gasteiger partial charge in [-0.15, -0.1) is 11.3 Å². The van der Waals surface area contributed by atoms with Crippen LogP contribution in [0.2, 0.25) is 0 Å². The predicted octanol–water partition coefficient (Wildman–Crippen LogP) is 7.54. The number of phenolic OH excluding ortho intramolecular Hbond substituents is 1. The Morgan fingerprint density at radius 3 is 1.95 bits per heavy atom. The zero-order valence-electron chi connectivity index (χ0n) is 65.3. The van der Waals surface area contributed by atoms with Gasteiger partial charge in [-0.05, 0) is 122 Å². The van der Waals surface area contributed by atoms with E-state index in [9.17, 15) is 72.5 Å². The molecule has 3 rings (SSSR count). The molecule has 2 unspecified atom stereocenters. The van der Waals surface area contributed by atoms with Crippen LogP contribution in [-0.4, -0.2) is 247 Å². The molecule has 0 radical (unpaired) electrons. The summed E-state index contributed by atoms with van der Waals surface area (Å²) >= 11 is 2.36. The summed E-state index contributed by atoms with van der Waals surface area (Å²) in [6.45, 7) is 17.2. The summed E-state index contributed by atoms with van der Waals surface area (Å²) in [5.41, 5.74) is -0.279. The van der Waals surface area contributed by atoms with Crippen LogP contribution in [-0.2, 0) is 92.4 Å². The molecule has 32 heteroatoms. The summed E-state index contributed by atoms with van der Waals surface area (Å²) in [5, 5.41) is 42.1. The van der Waals surface area contributed by atoms with Crippen LogP contribution in [0.1, 0.15) is 205 Å². The lowest BCUT2D eigenvalue weighted by Gasteiger charge is -2.38. The van der Waals surface area contributed by atoms with Gasteiger partial charge in [0.1, 0.15) is 22.2 Å². The zero-order chi connectivity index (χ0) is 80.5. The lowest BCUT2D eigenvalue weighted by molar-refractivity contribution is -0.150. The van der Waals surface area contributed by atoms with Crippen LogP contribution in [0.5, 0.6) is 5.75 Å². The molecule has 0 bridgehead atoms. The van der Waals surface area contributed by atoms with Crippen LogP contribution in [0, 0.1) is 23.7 Å². The van der Waals surface area contributed by atoms with Crippen molar-refractivity contribution in [2.24, 2.45) is 23.7 Å². The number of aromatic nitrogens is 1. The summed E-state index contributed by atoms with van der Waals surface area (Å²) in [6.07, 6.45) is 4.59. The Morgan fingerprint density at radius 1 is 0.731 bits per heavy atom. The number of phenols is 1. The van der Waals surface area contributed by atoms with E-state index in [2.05, 4.69) is 26.3 Å². The minimum Gasteiger partial charge on any atom is -0.506 e. The van der Waals surface area contributed by atoms with E-state index in [-0.39, 0.29) is 217 Å². The largest absolute Gasteiger partial charge is 0.506 e. The Balaban J connectivity index is 1.56. The number of ether oxygens (including phenoxy) is 6.